The highest BCUT2D eigenvalue weighted by Crippen LogP contribution is 2.23. The Morgan fingerprint density at radius 1 is 1.12 bits per heavy atom. The molecular weight excluding hydrogens is 340 g/mol. The molecule has 1 aliphatic rings. The van der Waals surface area contributed by atoms with Gasteiger partial charge in [0.15, 0.2) is 17.0 Å². The monoisotopic (exact) mass is 356 g/mol. The summed E-state index contributed by atoms with van der Waals surface area (Å²) in [6.07, 6.45) is 5.59. The van der Waals surface area contributed by atoms with Gasteiger partial charge >= 0.3 is 0 Å². The quantitative estimate of drug-likeness (QED) is 0.724. The van der Waals surface area contributed by atoms with Crippen LogP contribution in [0.2, 0.25) is 5.02 Å². The van der Waals surface area contributed by atoms with Gasteiger partial charge in [-0.1, -0.05) is 11.6 Å². The van der Waals surface area contributed by atoms with E-state index in [0.717, 1.165) is 25.1 Å². The number of fused-ring (bicyclic) bond motifs is 1. The molecule has 0 saturated carbocycles. The maximum atomic E-state index is 5.94. The average molecular weight is 357 g/mol. The van der Waals surface area contributed by atoms with Crippen molar-refractivity contribution in [2.75, 3.05) is 23.8 Å². The van der Waals surface area contributed by atoms with Crippen molar-refractivity contribution < 1.29 is 4.74 Å². The van der Waals surface area contributed by atoms with Crippen molar-refractivity contribution in [2.24, 2.45) is 0 Å². The normalized spacial score (nSPS) is 16.9. The summed E-state index contributed by atoms with van der Waals surface area (Å²) in [7, 11) is 0. The van der Waals surface area contributed by atoms with Gasteiger partial charge in [-0.25, -0.2) is 9.97 Å². The van der Waals surface area contributed by atoms with Gasteiger partial charge in [0.25, 0.3) is 0 Å². The first-order chi connectivity index (χ1) is 12.3. The Balaban J connectivity index is 1.62. The minimum Gasteiger partial charge on any atom is -0.376 e. The predicted molar refractivity (Wildman–Crippen MR) is 97.3 cm³/mol. The molecule has 1 fully saturated rings. The largest absolute Gasteiger partial charge is 0.376 e. The average Bonchev–Trinajstić information content (AvgIpc) is 3.15. The van der Waals surface area contributed by atoms with Gasteiger partial charge < -0.3 is 15.4 Å². The highest BCUT2D eigenvalue weighted by Gasteiger charge is 2.16. The minimum atomic E-state index is 0.203. The van der Waals surface area contributed by atoms with Gasteiger partial charge in [-0.2, -0.15) is 9.97 Å². The molecular formula is C17H17ClN6O. The molecule has 0 bridgehead atoms. The zero-order valence-corrected chi connectivity index (χ0v) is 14.2. The lowest BCUT2D eigenvalue weighted by Gasteiger charge is -2.13. The van der Waals surface area contributed by atoms with E-state index < -0.39 is 0 Å². The summed E-state index contributed by atoms with van der Waals surface area (Å²) in [6.45, 7) is 1.49. The van der Waals surface area contributed by atoms with Crippen LogP contribution in [-0.2, 0) is 4.74 Å². The van der Waals surface area contributed by atoms with Crippen LogP contribution >= 0.6 is 11.6 Å². The number of hydrogen-bond acceptors (Lipinski definition) is 7. The fraction of sp³-hybridized carbons (Fsp3) is 0.294. The highest BCUT2D eigenvalue weighted by atomic mass is 35.5. The molecule has 4 rings (SSSR count). The van der Waals surface area contributed by atoms with E-state index in [1.54, 1.807) is 12.4 Å². The summed E-state index contributed by atoms with van der Waals surface area (Å²) in [6, 6.07) is 7.39. The van der Waals surface area contributed by atoms with Crippen molar-refractivity contribution in [2.45, 2.75) is 18.9 Å². The SMILES string of the molecule is Clc1ccc(Nc2nc(NCC3CCCO3)nc3nccnc23)cc1. The first kappa shape index (κ1) is 16.0. The summed E-state index contributed by atoms with van der Waals surface area (Å²) in [5.74, 6) is 1.09. The number of anilines is 3. The minimum absolute atomic E-state index is 0.203. The molecule has 1 aromatic carbocycles. The zero-order valence-electron chi connectivity index (χ0n) is 13.4. The van der Waals surface area contributed by atoms with Gasteiger partial charge in [-0.3, -0.25) is 0 Å². The lowest BCUT2D eigenvalue weighted by atomic mass is 10.2. The molecule has 1 unspecified atom stereocenters. The van der Waals surface area contributed by atoms with E-state index in [9.17, 15) is 0 Å². The smallest absolute Gasteiger partial charge is 0.226 e. The topological polar surface area (TPSA) is 84.9 Å². The maximum absolute atomic E-state index is 5.94. The van der Waals surface area contributed by atoms with Gasteiger partial charge in [-0.15, -0.1) is 0 Å². The lowest BCUT2D eigenvalue weighted by molar-refractivity contribution is 0.120. The third-order valence-electron chi connectivity index (χ3n) is 3.95. The zero-order chi connectivity index (χ0) is 17.1. The molecule has 128 valence electrons. The Kier molecular flexibility index (Phi) is 4.58. The number of nitrogens with one attached hydrogen (secondary N) is 2. The standard InChI is InChI=1S/C17H17ClN6O/c18-11-3-5-12(6-4-11)22-16-14-15(20-8-7-19-14)23-17(24-16)21-10-13-2-1-9-25-13/h3-8,13H,1-2,9-10H2,(H2,20,21,22,23,24). The summed E-state index contributed by atoms with van der Waals surface area (Å²) >= 11 is 5.94. The number of aromatic nitrogens is 4. The van der Waals surface area contributed by atoms with Gasteiger partial charge in [0, 0.05) is 36.3 Å². The summed E-state index contributed by atoms with van der Waals surface area (Å²) in [4.78, 5) is 17.6. The summed E-state index contributed by atoms with van der Waals surface area (Å²) in [5.41, 5.74) is 2.00. The van der Waals surface area contributed by atoms with Crippen molar-refractivity contribution in [3.8, 4) is 0 Å². The van der Waals surface area contributed by atoms with Crippen LogP contribution in [0.5, 0.6) is 0 Å². The fourth-order valence-corrected chi connectivity index (χ4v) is 2.84. The van der Waals surface area contributed by atoms with Gasteiger partial charge in [-0.05, 0) is 37.1 Å². The van der Waals surface area contributed by atoms with E-state index >= 15 is 0 Å². The molecule has 7 nitrogen and oxygen atoms in total. The van der Waals surface area contributed by atoms with Crippen molar-refractivity contribution >= 4 is 40.2 Å². The Hall–Kier alpha value is -2.51. The van der Waals surface area contributed by atoms with Crippen molar-refractivity contribution in [3.05, 3.63) is 41.7 Å². The van der Waals surface area contributed by atoms with Gasteiger partial charge in [0.1, 0.15) is 0 Å². The first-order valence-corrected chi connectivity index (χ1v) is 8.52. The Bertz CT molecular complexity index is 867. The number of ether oxygens (including phenoxy) is 1. The van der Waals surface area contributed by atoms with E-state index in [0.29, 0.717) is 34.5 Å². The van der Waals surface area contributed by atoms with Gasteiger partial charge in [0.05, 0.1) is 6.10 Å². The summed E-state index contributed by atoms with van der Waals surface area (Å²) in [5, 5.41) is 7.17. The molecule has 1 atom stereocenters. The number of nitrogens with zero attached hydrogens (tertiary/aromatic N) is 4. The number of rotatable bonds is 5. The first-order valence-electron chi connectivity index (χ1n) is 8.15. The molecule has 2 N–H and O–H groups in total. The van der Waals surface area contributed by atoms with Crippen LogP contribution in [0.1, 0.15) is 12.8 Å². The second kappa shape index (κ2) is 7.16. The molecule has 8 heteroatoms. The number of benzene rings is 1. The third-order valence-corrected chi connectivity index (χ3v) is 4.20. The van der Waals surface area contributed by atoms with Crippen LogP contribution in [0.4, 0.5) is 17.5 Å². The molecule has 1 aliphatic heterocycles. The summed E-state index contributed by atoms with van der Waals surface area (Å²) < 4.78 is 5.63. The molecule has 25 heavy (non-hydrogen) atoms. The van der Waals surface area contributed by atoms with Crippen LogP contribution < -0.4 is 10.6 Å². The number of hydrogen-bond donors (Lipinski definition) is 2. The van der Waals surface area contributed by atoms with Crippen molar-refractivity contribution in [3.63, 3.8) is 0 Å². The number of halogens is 1. The molecule has 0 amide bonds. The molecule has 1 saturated heterocycles. The van der Waals surface area contributed by atoms with E-state index in [2.05, 4.69) is 30.6 Å². The van der Waals surface area contributed by atoms with Crippen LogP contribution in [-0.4, -0.2) is 39.2 Å². The maximum Gasteiger partial charge on any atom is 0.226 e. The van der Waals surface area contributed by atoms with Gasteiger partial charge in [0.2, 0.25) is 5.95 Å². The van der Waals surface area contributed by atoms with E-state index in [1.165, 1.54) is 0 Å². The van der Waals surface area contributed by atoms with Crippen LogP contribution in [0.3, 0.4) is 0 Å². The molecule has 0 radical (unpaired) electrons. The van der Waals surface area contributed by atoms with Crippen molar-refractivity contribution in [1.82, 2.24) is 19.9 Å². The second-order valence-electron chi connectivity index (χ2n) is 5.77. The Morgan fingerprint density at radius 2 is 1.96 bits per heavy atom. The Morgan fingerprint density at radius 3 is 2.76 bits per heavy atom. The predicted octanol–water partition coefficient (Wildman–Crippen LogP) is 3.41. The molecule has 0 spiro atoms. The molecule has 2 aromatic heterocycles. The van der Waals surface area contributed by atoms with Crippen LogP contribution in [0.15, 0.2) is 36.7 Å². The van der Waals surface area contributed by atoms with E-state index in [4.69, 9.17) is 16.3 Å². The van der Waals surface area contributed by atoms with E-state index in [-0.39, 0.29) is 6.10 Å². The Labute approximate surface area is 149 Å². The molecule has 3 aromatic rings. The van der Waals surface area contributed by atoms with Crippen LogP contribution in [0.25, 0.3) is 11.2 Å². The van der Waals surface area contributed by atoms with Crippen LogP contribution in [0, 0.1) is 0 Å². The second-order valence-corrected chi connectivity index (χ2v) is 6.21. The van der Waals surface area contributed by atoms with Crippen molar-refractivity contribution in [1.29, 1.82) is 0 Å². The highest BCUT2D eigenvalue weighted by molar-refractivity contribution is 6.30. The third kappa shape index (κ3) is 3.78. The lowest BCUT2D eigenvalue weighted by Crippen LogP contribution is -2.20. The fourth-order valence-electron chi connectivity index (χ4n) is 2.71. The van der Waals surface area contributed by atoms with E-state index in [1.807, 2.05) is 24.3 Å². The molecule has 0 aliphatic carbocycles. The molecule has 3 heterocycles.